The van der Waals surface area contributed by atoms with Crippen LogP contribution in [-0.2, 0) is 15.3 Å². The lowest BCUT2D eigenvalue weighted by Gasteiger charge is -2.21. The molecule has 0 atom stereocenters. The summed E-state index contributed by atoms with van der Waals surface area (Å²) in [5.41, 5.74) is 0. The molecule has 0 aromatic rings. The standard InChI is InChI=1S/C4H9NO3S2/c6-10(7)8-5-1-3-9-4-2-5/h10H,1-4H2. The Bertz CT molecular complexity index is 156. The minimum absolute atomic E-state index is 0.702. The molecule has 0 unspecified atom stereocenters. The van der Waals surface area contributed by atoms with Gasteiger partial charge in [-0.3, -0.25) is 0 Å². The zero-order valence-corrected chi connectivity index (χ0v) is 7.07. The maximum atomic E-state index is 10.0. The molecular formula is C4H9NO3S2. The van der Waals surface area contributed by atoms with Crippen molar-refractivity contribution < 1.29 is 12.7 Å². The van der Waals surface area contributed by atoms with Crippen LogP contribution in [0.5, 0.6) is 0 Å². The van der Waals surface area contributed by atoms with Crippen LogP contribution in [0.3, 0.4) is 0 Å². The highest BCUT2D eigenvalue weighted by Crippen LogP contribution is 2.08. The first-order chi connectivity index (χ1) is 4.79. The molecule has 6 heteroatoms. The summed E-state index contributed by atoms with van der Waals surface area (Å²) >= 11 is 1.81. The highest BCUT2D eigenvalue weighted by atomic mass is 32.2. The zero-order chi connectivity index (χ0) is 7.40. The van der Waals surface area contributed by atoms with Gasteiger partial charge in [0.05, 0.1) is 0 Å². The number of hydrogen-bond donors (Lipinski definition) is 1. The topological polar surface area (TPSA) is 46.6 Å². The van der Waals surface area contributed by atoms with Gasteiger partial charge in [0.15, 0.2) is 0 Å². The molecule has 0 N–H and O–H groups in total. The van der Waals surface area contributed by atoms with Gasteiger partial charge >= 0.3 is 0 Å². The molecule has 60 valence electrons. The normalized spacial score (nSPS) is 21.7. The molecule has 10 heavy (non-hydrogen) atoms. The lowest BCUT2D eigenvalue weighted by molar-refractivity contribution is -0.0364. The maximum Gasteiger partial charge on any atom is 0.273 e. The van der Waals surface area contributed by atoms with Crippen molar-refractivity contribution in [1.82, 2.24) is 5.06 Å². The Labute approximate surface area is 65.6 Å². The van der Waals surface area contributed by atoms with Crippen LogP contribution >= 0.6 is 11.8 Å². The van der Waals surface area contributed by atoms with Crippen LogP contribution in [0.15, 0.2) is 0 Å². The predicted molar refractivity (Wildman–Crippen MR) is 40.3 cm³/mol. The van der Waals surface area contributed by atoms with Gasteiger partial charge in [-0.15, -0.1) is 0 Å². The Kier molecular flexibility index (Phi) is 3.47. The van der Waals surface area contributed by atoms with E-state index < -0.39 is 11.0 Å². The van der Waals surface area contributed by atoms with Gasteiger partial charge in [-0.2, -0.15) is 21.1 Å². The summed E-state index contributed by atoms with van der Waals surface area (Å²) in [6.45, 7) is 1.40. The molecule has 0 aromatic heterocycles. The fourth-order valence-corrected chi connectivity index (χ4v) is 1.94. The summed E-state index contributed by atoms with van der Waals surface area (Å²) in [6, 6.07) is 0. The lowest BCUT2D eigenvalue weighted by Crippen LogP contribution is -2.32. The minimum atomic E-state index is -2.71. The van der Waals surface area contributed by atoms with Crippen LogP contribution < -0.4 is 0 Å². The van der Waals surface area contributed by atoms with E-state index in [4.69, 9.17) is 0 Å². The van der Waals surface area contributed by atoms with E-state index >= 15 is 0 Å². The summed E-state index contributed by atoms with van der Waals surface area (Å²) in [5.74, 6) is 1.90. The average Bonchev–Trinajstić information content (AvgIpc) is 1.88. The number of hydroxylamine groups is 2. The van der Waals surface area contributed by atoms with E-state index in [0.717, 1.165) is 11.5 Å². The smallest absolute Gasteiger partial charge is 0.201 e. The molecule has 0 spiro atoms. The van der Waals surface area contributed by atoms with Gasteiger partial charge < -0.3 is 0 Å². The SMILES string of the molecule is O=[SH](=O)ON1CCSCC1. The van der Waals surface area contributed by atoms with E-state index in [1.807, 2.05) is 11.8 Å². The molecule has 0 radical (unpaired) electrons. The van der Waals surface area contributed by atoms with Gasteiger partial charge in [-0.05, 0) is 0 Å². The number of nitrogens with zero attached hydrogens (tertiary/aromatic N) is 1. The monoisotopic (exact) mass is 183 g/mol. The zero-order valence-electron chi connectivity index (χ0n) is 5.36. The molecule has 1 rings (SSSR count). The summed E-state index contributed by atoms with van der Waals surface area (Å²) < 4.78 is 24.5. The summed E-state index contributed by atoms with van der Waals surface area (Å²) in [4.78, 5) is 0. The van der Waals surface area contributed by atoms with Gasteiger partial charge in [0.1, 0.15) is 0 Å². The number of hydrogen-bond acceptors (Lipinski definition) is 5. The van der Waals surface area contributed by atoms with Crippen molar-refractivity contribution in [3.8, 4) is 0 Å². The first-order valence-electron chi connectivity index (χ1n) is 2.94. The molecule has 1 aliphatic rings. The van der Waals surface area contributed by atoms with Crippen molar-refractivity contribution in [3.63, 3.8) is 0 Å². The molecule has 1 heterocycles. The quantitative estimate of drug-likeness (QED) is 0.584. The third kappa shape index (κ3) is 2.87. The van der Waals surface area contributed by atoms with E-state index in [9.17, 15) is 8.42 Å². The van der Waals surface area contributed by atoms with Crippen molar-refractivity contribution in [2.75, 3.05) is 24.6 Å². The molecule has 4 nitrogen and oxygen atoms in total. The van der Waals surface area contributed by atoms with Gasteiger partial charge in [-0.1, -0.05) is 0 Å². The summed E-state index contributed by atoms with van der Waals surface area (Å²) in [6.07, 6.45) is 0. The minimum Gasteiger partial charge on any atom is -0.201 e. The van der Waals surface area contributed by atoms with Gasteiger partial charge in [-0.25, -0.2) is 8.42 Å². The second-order valence-electron chi connectivity index (χ2n) is 1.85. The van der Waals surface area contributed by atoms with Crippen molar-refractivity contribution in [1.29, 1.82) is 0 Å². The molecule has 0 bridgehead atoms. The highest BCUT2D eigenvalue weighted by Gasteiger charge is 2.10. The Balaban J connectivity index is 2.26. The van der Waals surface area contributed by atoms with Gasteiger partial charge in [0.2, 0.25) is 0 Å². The first kappa shape index (κ1) is 8.32. The Hall–Kier alpha value is 0.220. The Morgan fingerprint density at radius 1 is 1.30 bits per heavy atom. The molecule has 0 aliphatic carbocycles. The second kappa shape index (κ2) is 4.17. The fraction of sp³-hybridized carbons (Fsp3) is 1.00. The third-order valence-electron chi connectivity index (χ3n) is 1.15. The predicted octanol–water partition coefficient (Wildman–Crippen LogP) is -0.507. The molecular weight excluding hydrogens is 174 g/mol. The molecule has 0 saturated carbocycles. The summed E-state index contributed by atoms with van der Waals surface area (Å²) in [7, 11) is -2.71. The number of rotatable bonds is 2. The first-order valence-corrected chi connectivity index (χ1v) is 5.19. The molecule has 1 aliphatic heterocycles. The van der Waals surface area contributed by atoms with Crippen LogP contribution in [0, 0.1) is 0 Å². The highest BCUT2D eigenvalue weighted by molar-refractivity contribution is 7.99. The van der Waals surface area contributed by atoms with E-state index in [-0.39, 0.29) is 0 Å². The van der Waals surface area contributed by atoms with E-state index in [1.165, 1.54) is 5.06 Å². The maximum absolute atomic E-state index is 10.0. The molecule has 0 aromatic carbocycles. The van der Waals surface area contributed by atoms with Crippen molar-refractivity contribution in [2.45, 2.75) is 0 Å². The van der Waals surface area contributed by atoms with Crippen molar-refractivity contribution >= 4 is 22.7 Å². The molecule has 1 fully saturated rings. The van der Waals surface area contributed by atoms with Crippen molar-refractivity contribution in [3.05, 3.63) is 0 Å². The number of thioether (sulfide) groups is 1. The van der Waals surface area contributed by atoms with Crippen LogP contribution in [0.1, 0.15) is 0 Å². The fourth-order valence-electron chi connectivity index (χ4n) is 0.723. The second-order valence-corrected chi connectivity index (χ2v) is 3.68. The van der Waals surface area contributed by atoms with E-state index in [1.54, 1.807) is 0 Å². The lowest BCUT2D eigenvalue weighted by atomic mass is 10.6. The largest absolute Gasteiger partial charge is 0.273 e. The average molecular weight is 183 g/mol. The van der Waals surface area contributed by atoms with Crippen LogP contribution in [-0.4, -0.2) is 38.1 Å². The summed E-state index contributed by atoms with van der Waals surface area (Å²) in [5, 5.41) is 1.47. The molecule has 1 saturated heterocycles. The van der Waals surface area contributed by atoms with Crippen molar-refractivity contribution in [2.24, 2.45) is 0 Å². The van der Waals surface area contributed by atoms with Gasteiger partial charge in [0.25, 0.3) is 11.0 Å². The number of thiol groups is 1. The Morgan fingerprint density at radius 2 is 1.90 bits per heavy atom. The van der Waals surface area contributed by atoms with Crippen LogP contribution in [0.25, 0.3) is 0 Å². The van der Waals surface area contributed by atoms with E-state index in [2.05, 4.69) is 4.28 Å². The molecule has 0 amide bonds. The van der Waals surface area contributed by atoms with E-state index in [0.29, 0.717) is 13.1 Å². The third-order valence-corrected chi connectivity index (χ3v) is 2.46. The van der Waals surface area contributed by atoms with Crippen LogP contribution in [0.4, 0.5) is 0 Å². The van der Waals surface area contributed by atoms with Crippen LogP contribution in [0.2, 0.25) is 0 Å². The Morgan fingerprint density at radius 3 is 2.40 bits per heavy atom. The van der Waals surface area contributed by atoms with Gasteiger partial charge in [0, 0.05) is 24.6 Å².